The molecule has 2 saturated carbocycles. The first-order chi connectivity index (χ1) is 16.2. The minimum atomic E-state index is -3.26. The highest BCUT2D eigenvalue weighted by Gasteiger charge is 2.71. The zero-order valence-electron chi connectivity index (χ0n) is 18.2. The van der Waals surface area contributed by atoms with Gasteiger partial charge in [-0.25, -0.2) is 13.6 Å². The number of alkyl halides is 2. The van der Waals surface area contributed by atoms with Crippen molar-refractivity contribution in [1.82, 2.24) is 10.6 Å². The number of carboxylic acids is 1. The fourth-order valence-electron chi connectivity index (χ4n) is 4.83. The van der Waals surface area contributed by atoms with Crippen LogP contribution in [0.15, 0.2) is 48.5 Å². The van der Waals surface area contributed by atoms with E-state index in [-0.39, 0.29) is 19.1 Å². The lowest BCUT2D eigenvalue weighted by molar-refractivity contribution is -0.143. The van der Waals surface area contributed by atoms with E-state index in [4.69, 9.17) is 9.84 Å². The van der Waals surface area contributed by atoms with Crippen LogP contribution < -0.4 is 10.6 Å². The van der Waals surface area contributed by atoms with E-state index in [2.05, 4.69) is 10.6 Å². The minimum absolute atomic E-state index is 0.0576. The smallest absolute Gasteiger partial charge is 0.407 e. The molecule has 0 radical (unpaired) electrons. The van der Waals surface area contributed by atoms with Crippen LogP contribution in [0.4, 0.5) is 13.6 Å². The number of ether oxygens (including phenoxy) is 1. The Hall–Kier alpha value is -3.49. The van der Waals surface area contributed by atoms with Gasteiger partial charge in [-0.15, -0.1) is 0 Å². The van der Waals surface area contributed by atoms with Crippen molar-refractivity contribution < 1.29 is 33.0 Å². The molecule has 0 bridgehead atoms. The molecule has 0 heterocycles. The van der Waals surface area contributed by atoms with E-state index in [1.54, 1.807) is 0 Å². The van der Waals surface area contributed by atoms with Crippen LogP contribution in [-0.2, 0) is 14.3 Å². The van der Waals surface area contributed by atoms with Gasteiger partial charge in [0.25, 0.3) is 5.92 Å². The fourth-order valence-corrected chi connectivity index (χ4v) is 4.83. The normalized spacial score (nSPS) is 22.8. The summed E-state index contributed by atoms with van der Waals surface area (Å²) in [4.78, 5) is 35.6. The van der Waals surface area contributed by atoms with Crippen LogP contribution in [0.3, 0.4) is 0 Å². The number of rotatable bonds is 8. The number of halogens is 2. The Labute approximate surface area is 194 Å². The summed E-state index contributed by atoms with van der Waals surface area (Å²) in [5.41, 5.74) is 3.20. The van der Waals surface area contributed by atoms with Crippen LogP contribution in [-0.4, -0.2) is 48.7 Å². The summed E-state index contributed by atoms with van der Waals surface area (Å²) in [6.07, 6.45) is -0.00101. The first-order valence-corrected chi connectivity index (χ1v) is 11.2. The van der Waals surface area contributed by atoms with Crippen LogP contribution in [0.25, 0.3) is 11.1 Å². The van der Waals surface area contributed by atoms with E-state index >= 15 is 0 Å². The zero-order chi connectivity index (χ0) is 24.1. The van der Waals surface area contributed by atoms with Crippen molar-refractivity contribution in [3.8, 4) is 11.1 Å². The third kappa shape index (κ3) is 3.78. The maximum Gasteiger partial charge on any atom is 0.407 e. The number of aliphatic carboxylic acids is 1. The van der Waals surface area contributed by atoms with Crippen LogP contribution in [0.5, 0.6) is 0 Å². The molecule has 2 aromatic rings. The second-order valence-electron chi connectivity index (χ2n) is 9.27. The van der Waals surface area contributed by atoms with Gasteiger partial charge >= 0.3 is 12.1 Å². The van der Waals surface area contributed by atoms with Crippen LogP contribution in [0, 0.1) is 17.3 Å². The van der Waals surface area contributed by atoms with E-state index in [9.17, 15) is 23.2 Å². The summed E-state index contributed by atoms with van der Waals surface area (Å²) in [6, 6.07) is 15.7. The summed E-state index contributed by atoms with van der Waals surface area (Å²) < 4.78 is 33.6. The van der Waals surface area contributed by atoms with Gasteiger partial charge in [0.05, 0.1) is 11.3 Å². The molecule has 0 aliphatic heterocycles. The Morgan fingerprint density at radius 2 is 1.56 bits per heavy atom. The Morgan fingerprint density at radius 3 is 2.12 bits per heavy atom. The monoisotopic (exact) mass is 470 g/mol. The average molecular weight is 470 g/mol. The van der Waals surface area contributed by atoms with E-state index in [1.807, 2.05) is 48.5 Å². The molecule has 9 heteroatoms. The fraction of sp³-hybridized carbons (Fsp3) is 0.400. The van der Waals surface area contributed by atoms with Gasteiger partial charge in [0, 0.05) is 19.0 Å². The number of hydrogen-bond acceptors (Lipinski definition) is 4. The third-order valence-corrected chi connectivity index (χ3v) is 7.20. The standard InChI is InChI=1S/C25H24F2N2O5/c26-25(27)19(20(25)21(30)29-13-24(9-10-24)22(31)32)11-28-23(33)34-12-18-16-7-3-1-5-14(16)15-6-2-4-8-17(15)18/h1-8,18-20H,9-13H2,(H,28,33)(H,29,30)(H,31,32)/t19-,20-/m0/s1. The number of alkyl carbamates (subject to hydrolysis) is 1. The molecule has 3 aliphatic carbocycles. The molecule has 2 aromatic carbocycles. The van der Waals surface area contributed by atoms with Crippen molar-refractivity contribution in [3.05, 3.63) is 59.7 Å². The predicted octanol–water partition coefficient (Wildman–Crippen LogP) is 3.39. The molecular formula is C25H24F2N2O5. The van der Waals surface area contributed by atoms with Gasteiger partial charge in [-0.3, -0.25) is 9.59 Å². The maximum absolute atomic E-state index is 14.1. The van der Waals surface area contributed by atoms with Crippen molar-refractivity contribution in [2.24, 2.45) is 17.3 Å². The molecule has 2 amide bonds. The van der Waals surface area contributed by atoms with Crippen molar-refractivity contribution in [1.29, 1.82) is 0 Å². The Bertz CT molecular complexity index is 1120. The van der Waals surface area contributed by atoms with Crippen molar-refractivity contribution in [2.75, 3.05) is 19.7 Å². The van der Waals surface area contributed by atoms with E-state index in [1.165, 1.54) is 0 Å². The van der Waals surface area contributed by atoms with Crippen molar-refractivity contribution in [3.63, 3.8) is 0 Å². The zero-order valence-corrected chi connectivity index (χ0v) is 18.2. The molecule has 7 nitrogen and oxygen atoms in total. The number of carbonyl (C=O) groups is 3. The molecule has 3 N–H and O–H groups in total. The van der Waals surface area contributed by atoms with Gasteiger partial charge in [0.1, 0.15) is 12.5 Å². The summed E-state index contributed by atoms with van der Waals surface area (Å²) in [5, 5.41) is 13.8. The SMILES string of the molecule is O=C(NC[C@H]1[C@@H](C(=O)NCC2(C(=O)O)CC2)C1(F)F)OCC1c2ccccc2-c2ccccc21. The average Bonchev–Trinajstić information content (AvgIpc) is 3.69. The molecule has 5 rings (SSSR count). The second kappa shape index (κ2) is 8.07. The minimum Gasteiger partial charge on any atom is -0.481 e. The van der Waals surface area contributed by atoms with Crippen LogP contribution >= 0.6 is 0 Å². The molecule has 178 valence electrons. The third-order valence-electron chi connectivity index (χ3n) is 7.20. The largest absolute Gasteiger partial charge is 0.481 e. The van der Waals surface area contributed by atoms with Crippen molar-refractivity contribution in [2.45, 2.75) is 24.7 Å². The number of carbonyl (C=O) groups excluding carboxylic acids is 2. The lowest BCUT2D eigenvalue weighted by Crippen LogP contribution is -2.36. The summed E-state index contributed by atoms with van der Waals surface area (Å²) >= 11 is 0. The van der Waals surface area contributed by atoms with Gasteiger partial charge in [-0.1, -0.05) is 48.5 Å². The molecule has 0 unspecified atom stereocenters. The molecule has 0 aromatic heterocycles. The number of hydrogen-bond donors (Lipinski definition) is 3. The van der Waals surface area contributed by atoms with Crippen LogP contribution in [0.1, 0.15) is 29.9 Å². The number of benzene rings is 2. The molecule has 2 fully saturated rings. The van der Waals surface area contributed by atoms with Crippen LogP contribution in [0.2, 0.25) is 0 Å². The maximum atomic E-state index is 14.1. The van der Waals surface area contributed by atoms with E-state index in [0.717, 1.165) is 22.3 Å². The number of nitrogens with one attached hydrogen (secondary N) is 2. The first kappa shape index (κ1) is 22.3. The highest BCUT2D eigenvalue weighted by molar-refractivity contribution is 5.85. The number of carboxylic acid groups (broad SMARTS) is 1. The molecule has 0 saturated heterocycles. The first-order valence-electron chi connectivity index (χ1n) is 11.2. The molecule has 2 atom stereocenters. The highest BCUT2D eigenvalue weighted by atomic mass is 19.3. The molecular weight excluding hydrogens is 446 g/mol. The summed E-state index contributed by atoms with van der Waals surface area (Å²) in [7, 11) is 0. The van der Waals surface area contributed by atoms with E-state index < -0.39 is 47.7 Å². The Morgan fingerprint density at radius 1 is 0.971 bits per heavy atom. The van der Waals surface area contributed by atoms with Gasteiger partial charge < -0.3 is 20.5 Å². The second-order valence-corrected chi connectivity index (χ2v) is 9.27. The van der Waals surface area contributed by atoms with Gasteiger partial charge in [0.15, 0.2) is 0 Å². The van der Waals surface area contributed by atoms with E-state index in [0.29, 0.717) is 12.8 Å². The lowest BCUT2D eigenvalue weighted by Gasteiger charge is -2.14. The molecule has 34 heavy (non-hydrogen) atoms. The molecule has 0 spiro atoms. The number of fused-ring (bicyclic) bond motifs is 3. The topological polar surface area (TPSA) is 105 Å². The van der Waals surface area contributed by atoms with Gasteiger partial charge in [0.2, 0.25) is 5.91 Å². The lowest BCUT2D eigenvalue weighted by atomic mass is 9.98. The van der Waals surface area contributed by atoms with Crippen molar-refractivity contribution >= 4 is 18.0 Å². The summed E-state index contributed by atoms with van der Waals surface area (Å²) in [5.74, 6) is -8.29. The van der Waals surface area contributed by atoms with Gasteiger partial charge in [-0.05, 0) is 35.1 Å². The quantitative estimate of drug-likeness (QED) is 0.549. The highest BCUT2D eigenvalue weighted by Crippen LogP contribution is 2.55. The predicted molar refractivity (Wildman–Crippen MR) is 117 cm³/mol. The Kier molecular flexibility index (Phi) is 5.30. The Balaban J connectivity index is 1.13. The molecule has 3 aliphatic rings. The summed E-state index contributed by atoms with van der Waals surface area (Å²) in [6.45, 7) is -0.520. The van der Waals surface area contributed by atoms with Gasteiger partial charge in [-0.2, -0.15) is 0 Å². The number of amides is 2.